The molecular weight excluding hydrogens is 280 g/mol. The van der Waals surface area contributed by atoms with Crippen LogP contribution in [0.15, 0.2) is 42.7 Å². The third kappa shape index (κ3) is 4.66. The number of aromatic nitrogens is 1. The van der Waals surface area contributed by atoms with Crippen LogP contribution >= 0.6 is 0 Å². The van der Waals surface area contributed by atoms with Crippen molar-refractivity contribution in [2.75, 3.05) is 16.4 Å². The molecule has 2 rings (SSSR count). The molecule has 0 aliphatic carbocycles. The maximum absolute atomic E-state index is 11.8. The minimum Gasteiger partial charge on any atom is -0.444 e. The molecule has 0 aliphatic rings. The Balaban J connectivity index is 2.07. The third-order valence-corrected chi connectivity index (χ3v) is 2.64. The SMILES string of the molecule is CC(C)(C)OC(=O)Nc1cccc(Nc2cnccc2N)c1. The first-order valence-corrected chi connectivity index (χ1v) is 6.90. The lowest BCUT2D eigenvalue weighted by Crippen LogP contribution is -2.27. The second-order valence-corrected chi connectivity index (χ2v) is 5.80. The number of amides is 1. The van der Waals surface area contributed by atoms with E-state index in [9.17, 15) is 4.79 Å². The van der Waals surface area contributed by atoms with Gasteiger partial charge >= 0.3 is 6.09 Å². The quantitative estimate of drug-likeness (QED) is 0.803. The van der Waals surface area contributed by atoms with E-state index in [1.807, 2.05) is 32.9 Å². The predicted octanol–water partition coefficient (Wildman–Crippen LogP) is 3.75. The van der Waals surface area contributed by atoms with Crippen molar-refractivity contribution in [2.45, 2.75) is 26.4 Å². The number of ether oxygens (including phenoxy) is 1. The van der Waals surface area contributed by atoms with Gasteiger partial charge in [-0.1, -0.05) is 6.07 Å². The highest BCUT2D eigenvalue weighted by Crippen LogP contribution is 2.23. The second-order valence-electron chi connectivity index (χ2n) is 5.80. The first-order chi connectivity index (χ1) is 10.3. The number of nitrogens with zero attached hydrogens (tertiary/aromatic N) is 1. The minimum atomic E-state index is -0.538. The summed E-state index contributed by atoms with van der Waals surface area (Å²) in [5.41, 5.74) is 8.04. The highest BCUT2D eigenvalue weighted by atomic mass is 16.6. The van der Waals surface area contributed by atoms with Crippen molar-refractivity contribution in [3.8, 4) is 0 Å². The van der Waals surface area contributed by atoms with Gasteiger partial charge in [0.15, 0.2) is 0 Å². The summed E-state index contributed by atoms with van der Waals surface area (Å²) in [6.07, 6.45) is 2.77. The van der Waals surface area contributed by atoms with E-state index in [0.717, 1.165) is 5.69 Å². The molecule has 0 aliphatic heterocycles. The van der Waals surface area contributed by atoms with Crippen molar-refractivity contribution < 1.29 is 9.53 Å². The van der Waals surface area contributed by atoms with Gasteiger partial charge in [-0.15, -0.1) is 0 Å². The van der Waals surface area contributed by atoms with E-state index in [4.69, 9.17) is 10.5 Å². The highest BCUT2D eigenvalue weighted by molar-refractivity contribution is 5.86. The number of benzene rings is 1. The summed E-state index contributed by atoms with van der Waals surface area (Å²) in [6, 6.07) is 8.97. The Morgan fingerprint density at radius 3 is 2.64 bits per heavy atom. The first kappa shape index (κ1) is 15.6. The van der Waals surface area contributed by atoms with Gasteiger partial charge in [-0.3, -0.25) is 10.3 Å². The number of nitrogen functional groups attached to an aromatic ring is 1. The Morgan fingerprint density at radius 1 is 1.23 bits per heavy atom. The Morgan fingerprint density at radius 2 is 1.95 bits per heavy atom. The van der Waals surface area contributed by atoms with Crippen LogP contribution in [0.25, 0.3) is 0 Å². The topological polar surface area (TPSA) is 89.3 Å². The van der Waals surface area contributed by atoms with Gasteiger partial charge in [0, 0.05) is 17.6 Å². The van der Waals surface area contributed by atoms with Crippen LogP contribution in [0.2, 0.25) is 0 Å². The van der Waals surface area contributed by atoms with E-state index in [2.05, 4.69) is 15.6 Å². The van der Waals surface area contributed by atoms with Gasteiger partial charge < -0.3 is 15.8 Å². The fraction of sp³-hybridized carbons (Fsp3) is 0.250. The zero-order valence-electron chi connectivity index (χ0n) is 12.9. The average Bonchev–Trinajstić information content (AvgIpc) is 2.39. The molecule has 22 heavy (non-hydrogen) atoms. The smallest absolute Gasteiger partial charge is 0.412 e. The number of pyridine rings is 1. The van der Waals surface area contributed by atoms with Crippen molar-refractivity contribution in [2.24, 2.45) is 0 Å². The van der Waals surface area contributed by atoms with Gasteiger partial charge in [-0.2, -0.15) is 0 Å². The van der Waals surface area contributed by atoms with Crippen LogP contribution in [0.5, 0.6) is 0 Å². The lowest BCUT2D eigenvalue weighted by molar-refractivity contribution is 0.0636. The molecule has 0 radical (unpaired) electrons. The summed E-state index contributed by atoms with van der Waals surface area (Å²) in [6.45, 7) is 5.45. The number of nitrogens with two attached hydrogens (primary N) is 1. The molecule has 0 spiro atoms. The van der Waals surface area contributed by atoms with Gasteiger partial charge in [0.05, 0.1) is 17.6 Å². The monoisotopic (exact) mass is 300 g/mol. The van der Waals surface area contributed by atoms with Crippen molar-refractivity contribution in [3.63, 3.8) is 0 Å². The molecule has 1 heterocycles. The molecule has 0 saturated heterocycles. The maximum atomic E-state index is 11.8. The van der Waals surface area contributed by atoms with Crippen LogP contribution in [0.3, 0.4) is 0 Å². The number of carbonyl (C=O) groups excluding carboxylic acids is 1. The van der Waals surface area contributed by atoms with Crippen molar-refractivity contribution >= 4 is 28.8 Å². The molecule has 2 aromatic rings. The summed E-state index contributed by atoms with van der Waals surface area (Å²) in [4.78, 5) is 15.8. The van der Waals surface area contributed by atoms with Gasteiger partial charge in [0.2, 0.25) is 0 Å². The molecule has 1 aromatic heterocycles. The lowest BCUT2D eigenvalue weighted by atomic mass is 10.2. The Labute approximate surface area is 129 Å². The average molecular weight is 300 g/mol. The fourth-order valence-corrected chi connectivity index (χ4v) is 1.76. The number of anilines is 4. The van der Waals surface area contributed by atoms with Crippen LogP contribution in [0, 0.1) is 0 Å². The van der Waals surface area contributed by atoms with Crippen molar-refractivity contribution in [1.82, 2.24) is 4.98 Å². The zero-order chi connectivity index (χ0) is 16.2. The lowest BCUT2D eigenvalue weighted by Gasteiger charge is -2.19. The molecule has 1 amide bonds. The molecule has 6 heteroatoms. The molecular formula is C16H20N4O2. The largest absolute Gasteiger partial charge is 0.444 e. The first-order valence-electron chi connectivity index (χ1n) is 6.90. The van der Waals surface area contributed by atoms with E-state index in [-0.39, 0.29) is 0 Å². The Bertz CT molecular complexity index is 665. The zero-order valence-corrected chi connectivity index (χ0v) is 12.9. The summed E-state index contributed by atoms with van der Waals surface area (Å²) >= 11 is 0. The second kappa shape index (κ2) is 6.34. The highest BCUT2D eigenvalue weighted by Gasteiger charge is 2.16. The molecule has 6 nitrogen and oxygen atoms in total. The molecule has 0 atom stereocenters. The van der Waals surface area contributed by atoms with Crippen molar-refractivity contribution in [1.29, 1.82) is 0 Å². The van der Waals surface area contributed by atoms with Gasteiger partial charge in [-0.05, 0) is 45.0 Å². The number of rotatable bonds is 3. The standard InChI is InChI=1S/C16H20N4O2/c1-16(2,3)22-15(21)20-12-6-4-5-11(9-12)19-14-10-18-8-7-13(14)17/h4-10,19H,1-3H3,(H2,17,18)(H,20,21). The predicted molar refractivity (Wildman–Crippen MR) is 88.2 cm³/mol. The van der Waals surface area contributed by atoms with Crippen LogP contribution in [-0.4, -0.2) is 16.7 Å². The molecule has 0 unspecified atom stereocenters. The minimum absolute atomic E-state index is 0.495. The van der Waals surface area contributed by atoms with Crippen LogP contribution in [0.4, 0.5) is 27.5 Å². The molecule has 4 N–H and O–H groups in total. The van der Waals surface area contributed by atoms with E-state index in [1.54, 1.807) is 30.6 Å². The van der Waals surface area contributed by atoms with Crippen LogP contribution < -0.4 is 16.4 Å². The molecule has 1 aromatic carbocycles. The normalized spacial score (nSPS) is 10.9. The Kier molecular flexibility index (Phi) is 4.50. The van der Waals surface area contributed by atoms with E-state index in [1.165, 1.54) is 0 Å². The van der Waals surface area contributed by atoms with E-state index < -0.39 is 11.7 Å². The Hall–Kier alpha value is -2.76. The van der Waals surface area contributed by atoms with Crippen LogP contribution in [0.1, 0.15) is 20.8 Å². The number of nitrogens with one attached hydrogen (secondary N) is 2. The summed E-state index contributed by atoms with van der Waals surface area (Å²) in [5, 5.41) is 5.85. The number of hydrogen-bond acceptors (Lipinski definition) is 5. The molecule has 0 bridgehead atoms. The molecule has 116 valence electrons. The summed E-state index contributed by atoms with van der Waals surface area (Å²) in [7, 11) is 0. The van der Waals surface area contributed by atoms with E-state index in [0.29, 0.717) is 17.1 Å². The fourth-order valence-electron chi connectivity index (χ4n) is 1.76. The number of carbonyl (C=O) groups is 1. The van der Waals surface area contributed by atoms with Crippen molar-refractivity contribution in [3.05, 3.63) is 42.7 Å². The van der Waals surface area contributed by atoms with E-state index >= 15 is 0 Å². The van der Waals surface area contributed by atoms with Gasteiger partial charge in [0.25, 0.3) is 0 Å². The summed E-state index contributed by atoms with van der Waals surface area (Å²) in [5.74, 6) is 0. The number of hydrogen-bond donors (Lipinski definition) is 3. The van der Waals surface area contributed by atoms with Crippen LogP contribution in [-0.2, 0) is 4.74 Å². The molecule has 0 fully saturated rings. The maximum Gasteiger partial charge on any atom is 0.412 e. The van der Waals surface area contributed by atoms with Gasteiger partial charge in [0.1, 0.15) is 5.60 Å². The molecule has 0 saturated carbocycles. The third-order valence-electron chi connectivity index (χ3n) is 2.64. The summed E-state index contributed by atoms with van der Waals surface area (Å²) < 4.78 is 5.22. The van der Waals surface area contributed by atoms with Gasteiger partial charge in [-0.25, -0.2) is 4.79 Å².